The molecule has 0 aliphatic heterocycles. The van der Waals surface area contributed by atoms with Gasteiger partial charge in [-0.15, -0.1) is 0 Å². The summed E-state index contributed by atoms with van der Waals surface area (Å²) in [5.41, 5.74) is -0.563. The summed E-state index contributed by atoms with van der Waals surface area (Å²) in [5.74, 6) is -0.923. The Hall–Kier alpha value is -2.40. The van der Waals surface area contributed by atoms with Crippen molar-refractivity contribution in [1.82, 2.24) is 16.0 Å². The number of esters is 1. The molecule has 1 unspecified atom stereocenters. The molecule has 0 rings (SSSR count). The number of unbranched alkanes of at least 4 members (excludes halogenated alkanes) is 29. The minimum Gasteiger partial charge on any atom is -0.463 e. The predicted octanol–water partition coefficient (Wildman–Crippen LogP) is 14.6. The van der Waals surface area contributed by atoms with Gasteiger partial charge in [-0.3, -0.25) is 14.4 Å². The van der Waals surface area contributed by atoms with Crippen LogP contribution >= 0.6 is 0 Å². The second-order valence-corrected chi connectivity index (χ2v) is 20.8. The summed E-state index contributed by atoms with van der Waals surface area (Å²) in [6, 6.07) is -0.686. The van der Waals surface area contributed by atoms with Crippen molar-refractivity contribution in [3.63, 3.8) is 0 Å². The molecule has 0 saturated carbocycles. The molecule has 3 amide bonds. The first-order chi connectivity index (χ1) is 32.3. The van der Waals surface area contributed by atoms with E-state index in [1.165, 1.54) is 161 Å². The Kier molecular flexibility index (Phi) is 44.4. The molecular formula is C56H109N3O8. The maximum Gasteiger partial charge on any atom is 0.407 e. The number of nitrogens with one attached hydrogen (secondary N) is 3. The van der Waals surface area contributed by atoms with Gasteiger partial charge in [0.05, 0.1) is 30.3 Å². The number of carbonyl (C=O) groups is 4. The molecule has 396 valence electrons. The Morgan fingerprint density at radius 3 is 1.31 bits per heavy atom. The predicted molar refractivity (Wildman–Crippen MR) is 279 cm³/mol. The Morgan fingerprint density at radius 1 is 0.433 bits per heavy atom. The number of ether oxygens (including phenoxy) is 4. The second kappa shape index (κ2) is 46.0. The van der Waals surface area contributed by atoms with Crippen LogP contribution < -0.4 is 16.0 Å². The number of carbonyl (C=O) groups excluding carboxylic acids is 4. The molecule has 1 atom stereocenters. The first-order valence-corrected chi connectivity index (χ1v) is 28.2. The summed E-state index contributed by atoms with van der Waals surface area (Å²) in [5, 5.41) is 8.63. The van der Waals surface area contributed by atoms with Gasteiger partial charge in [-0.2, -0.15) is 0 Å². The number of hydrogen-bond donors (Lipinski definition) is 3. The van der Waals surface area contributed by atoms with Crippen molar-refractivity contribution >= 4 is 23.9 Å². The van der Waals surface area contributed by atoms with E-state index in [0.717, 1.165) is 57.8 Å². The summed E-state index contributed by atoms with van der Waals surface area (Å²) >= 11 is 0. The van der Waals surface area contributed by atoms with Crippen LogP contribution in [0.2, 0.25) is 0 Å². The fourth-order valence-electron chi connectivity index (χ4n) is 8.24. The van der Waals surface area contributed by atoms with Crippen molar-refractivity contribution in [3.8, 4) is 0 Å². The zero-order chi connectivity index (χ0) is 49.5. The van der Waals surface area contributed by atoms with E-state index in [2.05, 4.69) is 29.8 Å². The molecule has 0 radical (unpaired) electrons. The summed E-state index contributed by atoms with van der Waals surface area (Å²) in [6.45, 7) is 14.0. The zero-order valence-corrected chi connectivity index (χ0v) is 45.0. The maximum absolute atomic E-state index is 13.0. The maximum atomic E-state index is 13.0. The molecule has 0 aliphatic carbocycles. The van der Waals surface area contributed by atoms with Gasteiger partial charge < -0.3 is 34.9 Å². The van der Waals surface area contributed by atoms with E-state index >= 15 is 0 Å². The largest absolute Gasteiger partial charge is 0.463 e. The van der Waals surface area contributed by atoms with Crippen LogP contribution in [-0.2, 0) is 33.3 Å². The van der Waals surface area contributed by atoms with E-state index in [4.69, 9.17) is 18.9 Å². The van der Waals surface area contributed by atoms with Crippen molar-refractivity contribution in [2.75, 3.05) is 40.0 Å². The fraction of sp³-hybridized carbons (Fsp3) is 0.929. The van der Waals surface area contributed by atoms with Crippen LogP contribution in [0.15, 0.2) is 0 Å². The number of rotatable bonds is 50. The van der Waals surface area contributed by atoms with Crippen LogP contribution in [0, 0.1) is 0 Å². The molecule has 0 heterocycles. The smallest absolute Gasteiger partial charge is 0.407 e. The molecule has 67 heavy (non-hydrogen) atoms. The molecular weight excluding hydrogens is 843 g/mol. The SMILES string of the molecule is CCCCCCCCCCCCCCCCCCNC(=O)OCC(COC(=O)CCC(=O)NCCCC(C)(C)OCCC(C)(C)OC)NC(=O)CCCCCCCCCCCCCCCCC. The van der Waals surface area contributed by atoms with Crippen LogP contribution in [-0.4, -0.2) is 81.1 Å². The number of methoxy groups -OCH3 is 1. The number of alkyl carbamates (subject to hydrolysis) is 1. The van der Waals surface area contributed by atoms with Gasteiger partial charge in [0, 0.05) is 33.0 Å². The van der Waals surface area contributed by atoms with Crippen molar-refractivity contribution in [1.29, 1.82) is 0 Å². The normalized spacial score (nSPS) is 12.2. The molecule has 0 saturated heterocycles. The Morgan fingerprint density at radius 2 is 0.851 bits per heavy atom. The standard InChI is InChI=1S/C56H109N3O8/c1-8-10-12-14-16-18-20-22-24-26-28-30-32-34-36-38-45-58-54(63)66-49-50(59-52(61)40-37-35-33-31-29-27-25-23-21-19-17-15-13-11-9-2)48-65-53(62)42-41-51(60)57-46-39-43-56(5,6)67-47-44-55(3,4)64-7/h50H,8-49H2,1-7H3,(H,57,60)(H,58,63)(H,59,61). The van der Waals surface area contributed by atoms with E-state index in [9.17, 15) is 19.2 Å². The quantitative estimate of drug-likeness (QED) is 0.0404. The highest BCUT2D eigenvalue weighted by Crippen LogP contribution is 2.20. The van der Waals surface area contributed by atoms with Gasteiger partial charge in [0.1, 0.15) is 13.2 Å². The van der Waals surface area contributed by atoms with Crippen LogP contribution in [0.5, 0.6) is 0 Å². The number of hydrogen-bond acceptors (Lipinski definition) is 8. The van der Waals surface area contributed by atoms with Crippen LogP contribution in [0.1, 0.15) is 279 Å². The minimum absolute atomic E-state index is 0.000685. The second-order valence-electron chi connectivity index (χ2n) is 20.8. The third-order valence-corrected chi connectivity index (χ3v) is 13.1. The highest BCUT2D eigenvalue weighted by atomic mass is 16.6. The molecule has 0 aliphatic rings. The van der Waals surface area contributed by atoms with Gasteiger partial charge in [0.2, 0.25) is 11.8 Å². The van der Waals surface area contributed by atoms with E-state index in [1.54, 1.807) is 7.11 Å². The lowest BCUT2D eigenvalue weighted by Gasteiger charge is -2.29. The fourth-order valence-corrected chi connectivity index (χ4v) is 8.24. The lowest BCUT2D eigenvalue weighted by atomic mass is 10.0. The molecule has 0 aromatic heterocycles. The molecule has 0 spiro atoms. The Bertz CT molecular complexity index is 1170. The molecule has 11 heteroatoms. The van der Waals surface area contributed by atoms with E-state index in [0.29, 0.717) is 26.1 Å². The summed E-state index contributed by atoms with van der Waals surface area (Å²) in [7, 11) is 1.70. The number of amides is 3. The third kappa shape index (κ3) is 47.1. The minimum atomic E-state index is -0.686. The van der Waals surface area contributed by atoms with Crippen LogP contribution in [0.4, 0.5) is 4.79 Å². The average molecular weight is 953 g/mol. The van der Waals surface area contributed by atoms with Gasteiger partial charge in [-0.25, -0.2) is 4.79 Å². The van der Waals surface area contributed by atoms with Gasteiger partial charge in [-0.1, -0.05) is 200 Å². The topological polar surface area (TPSA) is 141 Å². The molecule has 3 N–H and O–H groups in total. The van der Waals surface area contributed by atoms with Gasteiger partial charge in [0.25, 0.3) is 0 Å². The third-order valence-electron chi connectivity index (χ3n) is 13.1. The van der Waals surface area contributed by atoms with E-state index < -0.39 is 18.1 Å². The molecule has 0 aromatic rings. The van der Waals surface area contributed by atoms with Crippen molar-refractivity contribution < 1.29 is 38.1 Å². The van der Waals surface area contributed by atoms with Crippen LogP contribution in [0.25, 0.3) is 0 Å². The Labute approximate surface area is 413 Å². The zero-order valence-electron chi connectivity index (χ0n) is 45.0. The molecule has 0 fully saturated rings. The van der Waals surface area contributed by atoms with Gasteiger partial charge >= 0.3 is 12.1 Å². The highest BCUT2D eigenvalue weighted by Gasteiger charge is 2.22. The monoisotopic (exact) mass is 952 g/mol. The van der Waals surface area contributed by atoms with Crippen molar-refractivity contribution in [3.05, 3.63) is 0 Å². The Balaban J connectivity index is 4.52. The van der Waals surface area contributed by atoms with Crippen molar-refractivity contribution in [2.45, 2.75) is 296 Å². The molecule has 11 nitrogen and oxygen atoms in total. The summed E-state index contributed by atoms with van der Waals surface area (Å²) in [6.07, 6.45) is 41.6. The van der Waals surface area contributed by atoms with E-state index in [-0.39, 0.29) is 49.1 Å². The first kappa shape index (κ1) is 64.6. The highest BCUT2D eigenvalue weighted by molar-refractivity contribution is 5.81. The summed E-state index contributed by atoms with van der Waals surface area (Å²) in [4.78, 5) is 50.7. The molecule has 0 aromatic carbocycles. The lowest BCUT2D eigenvalue weighted by molar-refractivity contribution is -0.146. The van der Waals surface area contributed by atoms with Crippen LogP contribution in [0.3, 0.4) is 0 Å². The lowest BCUT2D eigenvalue weighted by Crippen LogP contribution is -2.43. The first-order valence-electron chi connectivity index (χ1n) is 28.2. The molecule has 0 bridgehead atoms. The van der Waals surface area contributed by atoms with Crippen molar-refractivity contribution in [2.24, 2.45) is 0 Å². The average Bonchev–Trinajstić information content (AvgIpc) is 3.30. The van der Waals surface area contributed by atoms with Gasteiger partial charge in [0.15, 0.2) is 0 Å². The van der Waals surface area contributed by atoms with E-state index in [1.807, 2.05) is 27.7 Å². The summed E-state index contributed by atoms with van der Waals surface area (Å²) < 4.78 is 22.5. The van der Waals surface area contributed by atoms with Gasteiger partial charge in [-0.05, 0) is 59.8 Å².